The molecule has 1 aliphatic heterocycles. The number of ether oxygens (including phenoxy) is 1. The number of anilines is 1. The Labute approximate surface area is 172 Å². The number of aromatic nitrogens is 1. The summed E-state index contributed by atoms with van der Waals surface area (Å²) in [4.78, 5) is 6.06. The van der Waals surface area contributed by atoms with Crippen molar-refractivity contribution in [1.82, 2.24) is 4.98 Å². The first-order chi connectivity index (χ1) is 13.5. The van der Waals surface area contributed by atoms with E-state index in [0.717, 1.165) is 34.8 Å². The maximum absolute atomic E-state index is 14.2. The molecule has 150 valence electrons. The Morgan fingerprint density at radius 2 is 2.21 bits per heavy atom. The fourth-order valence-electron chi connectivity index (χ4n) is 4.39. The first-order valence-corrected chi connectivity index (χ1v) is 12.6. The molecule has 0 bridgehead atoms. The maximum Gasteiger partial charge on any atom is 0.202 e. The van der Waals surface area contributed by atoms with Crippen LogP contribution in [0.5, 0.6) is 0 Å². The molecule has 0 aromatic carbocycles. The van der Waals surface area contributed by atoms with Crippen LogP contribution in [0.25, 0.3) is 0 Å². The summed E-state index contributed by atoms with van der Waals surface area (Å²) in [5.41, 5.74) is 6.58. The van der Waals surface area contributed by atoms with Gasteiger partial charge >= 0.3 is 0 Å². The molecule has 5 rings (SSSR count). The minimum atomic E-state index is -0.485. The van der Waals surface area contributed by atoms with Crippen LogP contribution in [0.15, 0.2) is 14.6 Å². The molecule has 2 aromatic heterocycles. The van der Waals surface area contributed by atoms with Crippen molar-refractivity contribution < 1.29 is 9.13 Å². The molecule has 28 heavy (non-hydrogen) atoms. The maximum atomic E-state index is 14.2. The molecule has 4 nitrogen and oxygen atoms in total. The van der Waals surface area contributed by atoms with E-state index in [2.05, 4.69) is 19.2 Å². The monoisotopic (exact) mass is 419 g/mol. The first kappa shape index (κ1) is 18.7. The number of hydrogen-bond donors (Lipinski definition) is 1. The Hall–Kier alpha value is -1.31. The molecule has 0 amide bonds. The lowest BCUT2D eigenvalue weighted by Gasteiger charge is -2.15. The third-order valence-corrected chi connectivity index (χ3v) is 9.27. The Morgan fingerprint density at radius 3 is 3.00 bits per heavy atom. The van der Waals surface area contributed by atoms with E-state index in [9.17, 15) is 4.39 Å². The zero-order valence-corrected chi connectivity index (χ0v) is 18.2. The Bertz CT molecular complexity index is 971. The van der Waals surface area contributed by atoms with E-state index < -0.39 is 10.7 Å². The molecule has 1 saturated heterocycles. The van der Waals surface area contributed by atoms with Gasteiger partial charge in [-0.1, -0.05) is 24.5 Å². The van der Waals surface area contributed by atoms with Crippen LogP contribution in [-0.4, -0.2) is 23.7 Å². The summed E-state index contributed by atoms with van der Waals surface area (Å²) >= 11 is 1.53. The first-order valence-electron chi connectivity index (χ1n) is 10.2. The van der Waals surface area contributed by atoms with Crippen LogP contribution in [0.2, 0.25) is 0 Å². The van der Waals surface area contributed by atoms with Crippen molar-refractivity contribution in [3.05, 3.63) is 39.3 Å². The molecule has 2 aliphatic carbocycles. The molecule has 7 heteroatoms. The highest BCUT2D eigenvalue weighted by atomic mass is 32.2. The summed E-state index contributed by atoms with van der Waals surface area (Å²) in [6, 6.07) is 1.65. The van der Waals surface area contributed by atoms with Crippen LogP contribution < -0.4 is 5.32 Å². The van der Waals surface area contributed by atoms with Gasteiger partial charge in [-0.05, 0) is 67.9 Å². The lowest BCUT2D eigenvalue weighted by molar-refractivity contribution is 0.388. The van der Waals surface area contributed by atoms with Crippen LogP contribution in [-0.2, 0) is 41.1 Å². The number of halogens is 1. The second kappa shape index (κ2) is 7.18. The van der Waals surface area contributed by atoms with E-state index in [0.29, 0.717) is 5.92 Å². The van der Waals surface area contributed by atoms with Gasteiger partial charge in [0.15, 0.2) is 6.23 Å². The molecular formula is C21H26FN3OS2. The lowest BCUT2D eigenvalue weighted by atomic mass is 10.0. The fraction of sp³-hybridized carbons (Fsp3) is 0.571. The summed E-state index contributed by atoms with van der Waals surface area (Å²) in [5.74, 6) is 0.415. The number of hydrogen-bond acceptors (Lipinski definition) is 5. The van der Waals surface area contributed by atoms with Crippen LogP contribution in [0, 0.1) is 5.82 Å². The molecule has 4 atom stereocenters. The molecule has 1 fully saturated rings. The van der Waals surface area contributed by atoms with Gasteiger partial charge in [-0.2, -0.15) is 0 Å². The number of nitrogens with one attached hydrogen (secondary N) is 1. The normalized spacial score (nSPS) is 26.4. The van der Waals surface area contributed by atoms with E-state index >= 15 is 0 Å². The molecule has 0 saturated carbocycles. The smallest absolute Gasteiger partial charge is 0.202 e. The zero-order valence-electron chi connectivity index (χ0n) is 16.5. The molecule has 0 radical (unpaired) electrons. The van der Waals surface area contributed by atoms with Crippen LogP contribution in [0.3, 0.4) is 0 Å². The number of aryl methyl sites for hydroxylation is 2. The van der Waals surface area contributed by atoms with Crippen molar-refractivity contribution in [2.45, 2.75) is 75.0 Å². The van der Waals surface area contributed by atoms with Crippen molar-refractivity contribution >= 4 is 27.7 Å². The van der Waals surface area contributed by atoms with Gasteiger partial charge in [-0.25, -0.2) is 8.75 Å². The Kier molecular flexibility index (Phi) is 4.80. The van der Waals surface area contributed by atoms with Crippen molar-refractivity contribution in [2.75, 3.05) is 11.6 Å². The quantitative estimate of drug-likeness (QED) is 0.696. The highest BCUT2D eigenvalue weighted by Gasteiger charge is 2.41. The summed E-state index contributed by atoms with van der Waals surface area (Å²) in [6.07, 6.45) is 8.18. The molecule has 3 aliphatic rings. The van der Waals surface area contributed by atoms with Gasteiger partial charge in [0.1, 0.15) is 10.0 Å². The number of fused-ring (bicyclic) bond motifs is 2. The SMILES string of the molecule is CCc1cc(F)c(/S(C)=N/C2OC2Nc2c3c(nc4c2CC[C@H]4C)CCC3)s1. The summed E-state index contributed by atoms with van der Waals surface area (Å²) in [6.45, 7) is 4.33. The average Bonchev–Trinajstić information content (AvgIpc) is 3.05. The minimum Gasteiger partial charge on any atom is -0.356 e. The summed E-state index contributed by atoms with van der Waals surface area (Å²) in [7, 11) is -0.485. The Balaban J connectivity index is 1.37. The lowest BCUT2D eigenvalue weighted by Crippen LogP contribution is -2.12. The van der Waals surface area contributed by atoms with E-state index in [1.807, 2.05) is 6.26 Å². The van der Waals surface area contributed by atoms with Gasteiger partial charge in [-0.15, -0.1) is 11.3 Å². The van der Waals surface area contributed by atoms with Crippen molar-refractivity contribution in [1.29, 1.82) is 0 Å². The topological polar surface area (TPSA) is 49.8 Å². The number of rotatable bonds is 5. The molecule has 0 spiro atoms. The van der Waals surface area contributed by atoms with Gasteiger partial charge in [0.2, 0.25) is 6.23 Å². The predicted octanol–water partition coefficient (Wildman–Crippen LogP) is 4.97. The van der Waals surface area contributed by atoms with Gasteiger partial charge < -0.3 is 10.1 Å². The Morgan fingerprint density at radius 1 is 1.36 bits per heavy atom. The molecule has 3 unspecified atom stereocenters. The summed E-state index contributed by atoms with van der Waals surface area (Å²) < 4.78 is 25.5. The van der Waals surface area contributed by atoms with Crippen molar-refractivity contribution in [2.24, 2.45) is 4.36 Å². The largest absolute Gasteiger partial charge is 0.356 e. The van der Waals surface area contributed by atoms with Crippen LogP contribution in [0.4, 0.5) is 10.1 Å². The van der Waals surface area contributed by atoms with E-state index in [1.54, 1.807) is 6.07 Å². The average molecular weight is 420 g/mol. The minimum absolute atomic E-state index is 0.101. The zero-order chi connectivity index (χ0) is 19.4. The van der Waals surface area contributed by atoms with Gasteiger partial charge in [0.05, 0.1) is 0 Å². The summed E-state index contributed by atoms with van der Waals surface area (Å²) in [5, 5.41) is 3.63. The van der Waals surface area contributed by atoms with Crippen molar-refractivity contribution in [3.63, 3.8) is 0 Å². The fourth-order valence-corrected chi connectivity index (χ4v) is 6.93. The molecule has 2 aromatic rings. The third kappa shape index (κ3) is 3.21. The van der Waals surface area contributed by atoms with Gasteiger partial charge in [0.25, 0.3) is 0 Å². The van der Waals surface area contributed by atoms with Crippen LogP contribution >= 0.6 is 11.3 Å². The highest BCUT2D eigenvalue weighted by molar-refractivity contribution is 7.88. The van der Waals surface area contributed by atoms with E-state index in [1.165, 1.54) is 52.4 Å². The molecule has 1 N–H and O–H groups in total. The standard InChI is InChI=1S/C21H26FN3OS2/c1-4-12-10-15(22)21(27-12)28(3)25-20-19(26-20)24-18-13-6-5-7-16(13)23-17-11(2)8-9-14(17)18/h10-11,19-20H,4-9H2,1-3H3,(H,23,24)/t11-,19?,20?,28?/m1/s1. The second-order valence-corrected chi connectivity index (χ2v) is 10.9. The number of pyridine rings is 1. The van der Waals surface area contributed by atoms with E-state index in [-0.39, 0.29) is 18.3 Å². The molecular weight excluding hydrogens is 393 g/mol. The number of thiophene rings is 1. The second-order valence-electron chi connectivity index (χ2n) is 7.95. The third-order valence-electron chi connectivity index (χ3n) is 5.99. The number of nitrogens with zero attached hydrogens (tertiary/aromatic N) is 2. The van der Waals surface area contributed by atoms with Crippen LogP contribution in [0.1, 0.15) is 60.0 Å². The molecule has 3 heterocycles. The highest BCUT2D eigenvalue weighted by Crippen LogP contribution is 2.42. The van der Waals surface area contributed by atoms with Gasteiger partial charge in [-0.3, -0.25) is 4.98 Å². The number of epoxide rings is 1. The van der Waals surface area contributed by atoms with Gasteiger partial charge in [0, 0.05) is 22.0 Å². The predicted molar refractivity (Wildman–Crippen MR) is 113 cm³/mol. The van der Waals surface area contributed by atoms with E-state index in [4.69, 9.17) is 14.1 Å². The van der Waals surface area contributed by atoms with Crippen molar-refractivity contribution in [3.8, 4) is 0 Å².